The molecule has 1 aliphatic heterocycles. The normalized spacial score (nSPS) is 19.8. The number of anilines is 1. The first-order chi connectivity index (χ1) is 7.50. The van der Waals surface area contributed by atoms with Crippen molar-refractivity contribution in [2.24, 2.45) is 0 Å². The zero-order valence-corrected chi connectivity index (χ0v) is 10.5. The lowest BCUT2D eigenvalue weighted by molar-refractivity contribution is 0.560. The minimum absolute atomic E-state index is 0.497. The van der Waals surface area contributed by atoms with Crippen LogP contribution in [0.4, 0.5) is 5.69 Å². The van der Waals surface area contributed by atoms with Gasteiger partial charge in [-0.1, -0.05) is 17.7 Å². The highest BCUT2D eigenvalue weighted by Gasteiger charge is 2.26. The smallest absolute Gasteiger partial charge is 0.257 e. The maximum atomic E-state index is 11.8. The van der Waals surface area contributed by atoms with Gasteiger partial charge in [0.25, 0.3) is 0 Å². The highest BCUT2D eigenvalue weighted by molar-refractivity contribution is 7.90. The zero-order valence-electron chi connectivity index (χ0n) is 8.90. The van der Waals surface area contributed by atoms with Crippen LogP contribution in [-0.4, -0.2) is 21.5 Å². The highest BCUT2D eigenvalue weighted by atomic mass is 35.5. The van der Waals surface area contributed by atoms with Crippen molar-refractivity contribution in [1.82, 2.24) is 4.72 Å². The van der Waals surface area contributed by atoms with E-state index in [-0.39, 0.29) is 0 Å². The summed E-state index contributed by atoms with van der Waals surface area (Å²) < 4.78 is 27.5. The second kappa shape index (κ2) is 4.24. The Morgan fingerprint density at radius 2 is 2.19 bits per heavy atom. The van der Waals surface area contributed by atoms with Gasteiger partial charge in [-0.05, 0) is 31.0 Å². The Morgan fingerprint density at radius 1 is 1.44 bits per heavy atom. The molecule has 1 fully saturated rings. The lowest BCUT2D eigenvalue weighted by Gasteiger charge is -2.29. The summed E-state index contributed by atoms with van der Waals surface area (Å²) in [5, 5.41) is 0.543. The van der Waals surface area contributed by atoms with Crippen molar-refractivity contribution in [3.05, 3.63) is 28.8 Å². The van der Waals surface area contributed by atoms with Crippen molar-refractivity contribution < 1.29 is 8.42 Å². The van der Waals surface area contributed by atoms with E-state index in [0.29, 0.717) is 23.8 Å². The van der Waals surface area contributed by atoms with E-state index in [0.717, 1.165) is 12.0 Å². The molecule has 1 N–H and O–H groups in total. The van der Waals surface area contributed by atoms with Crippen molar-refractivity contribution >= 4 is 27.5 Å². The molecule has 4 nitrogen and oxygen atoms in total. The molecule has 2 rings (SSSR count). The molecule has 0 saturated carbocycles. The van der Waals surface area contributed by atoms with E-state index in [2.05, 4.69) is 4.72 Å². The Kier molecular flexibility index (Phi) is 3.10. The summed E-state index contributed by atoms with van der Waals surface area (Å²) in [7, 11) is -3.39. The van der Waals surface area contributed by atoms with Gasteiger partial charge in [0.15, 0.2) is 0 Å². The third-order valence-electron chi connectivity index (χ3n) is 2.55. The van der Waals surface area contributed by atoms with Crippen LogP contribution in [0, 0.1) is 6.92 Å². The SMILES string of the molecule is Cc1ccc(Cl)cc1N1CCCNS1(=O)=O. The van der Waals surface area contributed by atoms with Gasteiger partial charge in [0.05, 0.1) is 5.69 Å². The number of hydrogen-bond acceptors (Lipinski definition) is 2. The zero-order chi connectivity index (χ0) is 11.8. The van der Waals surface area contributed by atoms with E-state index in [9.17, 15) is 8.42 Å². The molecule has 0 aliphatic carbocycles. The first-order valence-electron chi connectivity index (χ1n) is 5.04. The Bertz CT molecular complexity index is 502. The number of rotatable bonds is 1. The summed E-state index contributed by atoms with van der Waals surface area (Å²) in [4.78, 5) is 0. The third-order valence-corrected chi connectivity index (χ3v) is 4.32. The fraction of sp³-hybridized carbons (Fsp3) is 0.400. The van der Waals surface area contributed by atoms with Gasteiger partial charge >= 0.3 is 10.2 Å². The lowest BCUT2D eigenvalue weighted by atomic mass is 10.2. The molecule has 1 aromatic rings. The summed E-state index contributed by atoms with van der Waals surface area (Å²) in [5.41, 5.74) is 1.55. The first-order valence-corrected chi connectivity index (χ1v) is 6.86. The Morgan fingerprint density at radius 3 is 2.88 bits per heavy atom. The molecule has 0 amide bonds. The second-order valence-corrected chi connectivity index (χ2v) is 5.87. The van der Waals surface area contributed by atoms with Gasteiger partial charge in [-0.3, -0.25) is 4.31 Å². The molecule has 0 atom stereocenters. The molecular formula is C10H13ClN2O2S. The van der Waals surface area contributed by atoms with E-state index in [4.69, 9.17) is 11.6 Å². The van der Waals surface area contributed by atoms with E-state index in [1.807, 2.05) is 13.0 Å². The molecule has 16 heavy (non-hydrogen) atoms. The van der Waals surface area contributed by atoms with Gasteiger partial charge in [0.2, 0.25) is 0 Å². The molecule has 1 heterocycles. The van der Waals surface area contributed by atoms with Crippen LogP contribution in [0.3, 0.4) is 0 Å². The number of hydrogen-bond donors (Lipinski definition) is 1. The summed E-state index contributed by atoms with van der Waals surface area (Å²) >= 11 is 5.89. The average molecular weight is 261 g/mol. The van der Waals surface area contributed by atoms with Crippen LogP contribution in [0.25, 0.3) is 0 Å². The molecule has 0 bridgehead atoms. The maximum absolute atomic E-state index is 11.8. The number of halogens is 1. The molecule has 0 radical (unpaired) electrons. The monoisotopic (exact) mass is 260 g/mol. The van der Waals surface area contributed by atoms with Crippen molar-refractivity contribution in [1.29, 1.82) is 0 Å². The fourth-order valence-electron chi connectivity index (χ4n) is 1.72. The summed E-state index contributed by atoms with van der Waals surface area (Å²) in [6, 6.07) is 5.26. The van der Waals surface area contributed by atoms with Crippen LogP contribution in [0.2, 0.25) is 5.02 Å². The van der Waals surface area contributed by atoms with E-state index in [1.165, 1.54) is 4.31 Å². The van der Waals surface area contributed by atoms with Gasteiger partial charge < -0.3 is 0 Å². The summed E-state index contributed by atoms with van der Waals surface area (Å²) in [6.07, 6.45) is 0.797. The topological polar surface area (TPSA) is 49.4 Å². The first kappa shape index (κ1) is 11.7. The molecule has 88 valence electrons. The molecule has 1 saturated heterocycles. The van der Waals surface area contributed by atoms with Gasteiger partial charge in [-0.15, -0.1) is 0 Å². The molecule has 1 aliphatic rings. The number of nitrogens with one attached hydrogen (secondary N) is 1. The molecule has 1 aromatic carbocycles. The van der Waals surface area contributed by atoms with Crippen LogP contribution >= 0.6 is 11.6 Å². The third kappa shape index (κ3) is 2.16. The van der Waals surface area contributed by atoms with Gasteiger partial charge in [-0.25, -0.2) is 0 Å². The van der Waals surface area contributed by atoms with Crippen molar-refractivity contribution in [2.75, 3.05) is 17.4 Å². The van der Waals surface area contributed by atoms with E-state index >= 15 is 0 Å². The van der Waals surface area contributed by atoms with Gasteiger partial charge in [0.1, 0.15) is 0 Å². The lowest BCUT2D eigenvalue weighted by Crippen LogP contribution is -2.47. The quantitative estimate of drug-likeness (QED) is 0.836. The van der Waals surface area contributed by atoms with Crippen LogP contribution in [0.15, 0.2) is 18.2 Å². The average Bonchev–Trinajstić information content (AvgIpc) is 2.22. The predicted molar refractivity (Wildman–Crippen MR) is 65.1 cm³/mol. The maximum Gasteiger partial charge on any atom is 0.301 e. The van der Waals surface area contributed by atoms with Crippen LogP contribution in [0.5, 0.6) is 0 Å². The van der Waals surface area contributed by atoms with Crippen molar-refractivity contribution in [3.8, 4) is 0 Å². The van der Waals surface area contributed by atoms with Gasteiger partial charge in [0, 0.05) is 18.1 Å². The minimum atomic E-state index is -3.39. The predicted octanol–water partition coefficient (Wildman–Crippen LogP) is 1.69. The van der Waals surface area contributed by atoms with Crippen LogP contribution in [-0.2, 0) is 10.2 Å². The minimum Gasteiger partial charge on any atom is -0.257 e. The van der Waals surface area contributed by atoms with Crippen molar-refractivity contribution in [3.63, 3.8) is 0 Å². The molecule has 0 spiro atoms. The number of aryl methyl sites for hydroxylation is 1. The standard InChI is InChI=1S/C10H13ClN2O2S/c1-8-3-4-9(11)7-10(8)13-6-2-5-12-16(13,14)15/h3-4,7,12H,2,5-6H2,1H3. The molecular weight excluding hydrogens is 248 g/mol. The fourth-order valence-corrected chi connectivity index (χ4v) is 3.27. The van der Waals surface area contributed by atoms with E-state index in [1.54, 1.807) is 12.1 Å². The highest BCUT2D eigenvalue weighted by Crippen LogP contribution is 2.27. The molecule has 0 unspecified atom stereocenters. The number of benzene rings is 1. The number of nitrogens with zero attached hydrogens (tertiary/aromatic N) is 1. The van der Waals surface area contributed by atoms with E-state index < -0.39 is 10.2 Å². The van der Waals surface area contributed by atoms with Crippen molar-refractivity contribution in [2.45, 2.75) is 13.3 Å². The molecule has 6 heteroatoms. The largest absolute Gasteiger partial charge is 0.301 e. The molecule has 0 aromatic heterocycles. The van der Waals surface area contributed by atoms with Gasteiger partial charge in [-0.2, -0.15) is 13.1 Å². The Labute approximate surface area is 100 Å². The Hall–Kier alpha value is -0.780. The Balaban J connectivity index is 2.46. The summed E-state index contributed by atoms with van der Waals surface area (Å²) in [6.45, 7) is 2.87. The summed E-state index contributed by atoms with van der Waals surface area (Å²) in [5.74, 6) is 0. The van der Waals surface area contributed by atoms with Crippen LogP contribution in [0.1, 0.15) is 12.0 Å². The second-order valence-electron chi connectivity index (χ2n) is 3.76. The van der Waals surface area contributed by atoms with Crippen LogP contribution < -0.4 is 9.03 Å².